The molecule has 1 aliphatic heterocycles. The molecule has 9 nitrogen and oxygen atoms in total. The number of rotatable bonds is 5. The third-order valence-electron chi connectivity index (χ3n) is 3.46. The molecule has 0 amide bonds. The van der Waals surface area contributed by atoms with Gasteiger partial charge in [-0.05, 0) is 13.8 Å². The summed E-state index contributed by atoms with van der Waals surface area (Å²) in [6, 6.07) is 0. The van der Waals surface area contributed by atoms with Gasteiger partial charge >= 0.3 is 17.6 Å². The van der Waals surface area contributed by atoms with Crippen LogP contribution in [0.2, 0.25) is 0 Å². The van der Waals surface area contributed by atoms with Crippen LogP contribution in [0.4, 0.5) is 0 Å². The van der Waals surface area contributed by atoms with Crippen LogP contribution >= 0.6 is 0 Å². The van der Waals surface area contributed by atoms with Crippen molar-refractivity contribution in [3.8, 4) is 0 Å². The Morgan fingerprint density at radius 2 is 2.26 bits per heavy atom. The quantitative estimate of drug-likeness (QED) is 0.724. The van der Waals surface area contributed by atoms with Gasteiger partial charge in [-0.25, -0.2) is 4.79 Å². The van der Waals surface area contributed by atoms with E-state index in [9.17, 15) is 19.2 Å². The van der Waals surface area contributed by atoms with Gasteiger partial charge in [0.2, 0.25) is 0 Å². The molecule has 9 heteroatoms. The first kappa shape index (κ1) is 15.5. The molecule has 1 fully saturated rings. The zero-order chi connectivity index (χ0) is 17.9. The van der Waals surface area contributed by atoms with Crippen molar-refractivity contribution in [3.63, 3.8) is 0 Å². The maximum atomic E-state index is 11.9. The molecule has 1 saturated heterocycles. The Balaban J connectivity index is 2.10. The van der Waals surface area contributed by atoms with Crippen LogP contribution in [0, 0.1) is 6.92 Å². The number of hydrogen-bond acceptors (Lipinski definition) is 6. The second-order valence-corrected chi connectivity index (χ2v) is 5.27. The lowest BCUT2D eigenvalue weighted by Gasteiger charge is -2.14. The van der Waals surface area contributed by atoms with Gasteiger partial charge in [0.25, 0.3) is 5.56 Å². The van der Waals surface area contributed by atoms with E-state index in [0.717, 1.165) is 0 Å². The van der Waals surface area contributed by atoms with Crippen LogP contribution < -0.4 is 11.2 Å². The van der Waals surface area contributed by atoms with Gasteiger partial charge < -0.3 is 14.6 Å². The predicted molar refractivity (Wildman–Crippen MR) is 77.0 cm³/mol. The van der Waals surface area contributed by atoms with E-state index < -0.39 is 41.6 Å². The second-order valence-electron chi connectivity index (χ2n) is 5.27. The van der Waals surface area contributed by atoms with E-state index in [1.54, 1.807) is 0 Å². The summed E-state index contributed by atoms with van der Waals surface area (Å²) in [4.78, 5) is 47.6. The van der Waals surface area contributed by atoms with Crippen molar-refractivity contribution in [3.05, 3.63) is 32.6 Å². The number of nitrogens with one attached hydrogen (secondary N) is 1. The highest BCUT2D eigenvalue weighted by Crippen LogP contribution is 2.29. The average Bonchev–Trinajstić information content (AvgIpc) is 2.91. The van der Waals surface area contributed by atoms with Crippen LogP contribution in [0.3, 0.4) is 0 Å². The van der Waals surface area contributed by atoms with Crippen LogP contribution in [0.5, 0.6) is 0 Å². The molecule has 0 saturated carbocycles. The summed E-state index contributed by atoms with van der Waals surface area (Å²) in [5.41, 5.74) is -0.831. The van der Waals surface area contributed by atoms with Crippen LogP contribution in [-0.2, 0) is 19.1 Å². The summed E-state index contributed by atoms with van der Waals surface area (Å²) in [5.74, 6) is -1.81. The summed E-state index contributed by atoms with van der Waals surface area (Å²) in [6.07, 6.45) is -1.41. The maximum absolute atomic E-state index is 11.9. The first-order valence-electron chi connectivity index (χ1n) is 7.70. The van der Waals surface area contributed by atoms with E-state index in [-0.39, 0.29) is 26.2 Å². The third kappa shape index (κ3) is 4.07. The molecule has 23 heavy (non-hydrogen) atoms. The SMILES string of the molecule is [2H]CC1OC(n2cc(C)c(=O)[nH]c2=O)CC1OC(=O)CCC(=O)O. The molecule has 3 unspecified atom stereocenters. The fraction of sp³-hybridized carbons (Fsp3) is 0.571. The Bertz CT molecular complexity index is 741. The standard InChI is InChI=1S/C14H18N2O7/c1-7-6-16(14(21)15-13(7)20)10-5-9(8(2)22-10)23-12(19)4-3-11(17)18/h6,8-10H,3-5H2,1-2H3,(H,17,18)(H,15,20,21)/i2D. The molecular weight excluding hydrogens is 308 g/mol. The topological polar surface area (TPSA) is 128 Å². The van der Waals surface area contributed by atoms with Crippen molar-refractivity contribution in [1.29, 1.82) is 0 Å². The molecule has 0 aliphatic carbocycles. The number of carbonyl (C=O) groups excluding carboxylic acids is 1. The number of aryl methyl sites for hydroxylation is 1. The number of carboxylic acids is 1. The zero-order valence-corrected chi connectivity index (χ0v) is 12.5. The highest BCUT2D eigenvalue weighted by atomic mass is 16.6. The minimum atomic E-state index is -1.11. The molecular formula is C14H18N2O7. The Labute approximate surface area is 132 Å². The second kappa shape index (κ2) is 6.78. The van der Waals surface area contributed by atoms with Crippen molar-refractivity contribution < 1.29 is 25.5 Å². The van der Waals surface area contributed by atoms with E-state index in [1.165, 1.54) is 17.7 Å². The van der Waals surface area contributed by atoms with Crippen LogP contribution in [0.15, 0.2) is 15.8 Å². The lowest BCUT2D eigenvalue weighted by molar-refractivity contribution is -0.154. The van der Waals surface area contributed by atoms with Crippen molar-refractivity contribution >= 4 is 11.9 Å². The summed E-state index contributed by atoms with van der Waals surface area (Å²) in [7, 11) is 0. The molecule has 0 bridgehead atoms. The highest BCUT2D eigenvalue weighted by molar-refractivity contribution is 5.76. The number of hydrogen-bond donors (Lipinski definition) is 2. The third-order valence-corrected chi connectivity index (χ3v) is 3.46. The largest absolute Gasteiger partial charge is 0.481 e. The number of esters is 1. The van der Waals surface area contributed by atoms with Crippen molar-refractivity contribution in [2.24, 2.45) is 0 Å². The average molecular weight is 327 g/mol. The van der Waals surface area contributed by atoms with Gasteiger partial charge in [0.15, 0.2) is 0 Å². The normalized spacial score (nSPS) is 24.2. The lowest BCUT2D eigenvalue weighted by Crippen LogP contribution is -2.33. The van der Waals surface area contributed by atoms with Gasteiger partial charge in [0, 0.05) is 19.6 Å². The van der Waals surface area contributed by atoms with E-state index in [4.69, 9.17) is 16.0 Å². The van der Waals surface area contributed by atoms with Gasteiger partial charge in [-0.3, -0.25) is 23.9 Å². The molecule has 1 aromatic heterocycles. The number of aliphatic carboxylic acids is 1. The molecule has 0 radical (unpaired) electrons. The van der Waals surface area contributed by atoms with Gasteiger partial charge in [0.1, 0.15) is 12.3 Å². The Morgan fingerprint density at radius 3 is 2.91 bits per heavy atom. The van der Waals surface area contributed by atoms with Gasteiger partial charge in [-0.1, -0.05) is 0 Å². The molecule has 0 spiro atoms. The van der Waals surface area contributed by atoms with Crippen LogP contribution in [0.1, 0.15) is 39.3 Å². The number of H-pyrrole nitrogens is 1. The molecule has 3 atom stereocenters. The summed E-state index contributed by atoms with van der Waals surface area (Å²) >= 11 is 0. The molecule has 2 heterocycles. The molecule has 2 rings (SSSR count). The minimum Gasteiger partial charge on any atom is -0.481 e. The summed E-state index contributed by atoms with van der Waals surface area (Å²) < 4.78 is 19.4. The number of aromatic nitrogens is 2. The van der Waals surface area contributed by atoms with Gasteiger partial charge in [-0.15, -0.1) is 0 Å². The minimum absolute atomic E-state index is 0.133. The first-order chi connectivity index (χ1) is 11.3. The summed E-state index contributed by atoms with van der Waals surface area (Å²) in [5, 5.41) is 8.56. The number of carbonyl (C=O) groups is 2. The highest BCUT2D eigenvalue weighted by Gasteiger charge is 2.36. The maximum Gasteiger partial charge on any atom is 0.330 e. The predicted octanol–water partition coefficient (Wildman–Crippen LogP) is -0.0710. The van der Waals surface area contributed by atoms with E-state index >= 15 is 0 Å². The smallest absolute Gasteiger partial charge is 0.330 e. The molecule has 2 N–H and O–H groups in total. The fourth-order valence-corrected chi connectivity index (χ4v) is 2.24. The molecule has 1 aliphatic rings. The van der Waals surface area contributed by atoms with Gasteiger partial charge in [-0.2, -0.15) is 0 Å². The number of carboxylic acid groups (broad SMARTS) is 1. The monoisotopic (exact) mass is 327 g/mol. The van der Waals surface area contributed by atoms with E-state index in [1.807, 2.05) is 0 Å². The van der Waals surface area contributed by atoms with Crippen molar-refractivity contribution in [2.75, 3.05) is 0 Å². The van der Waals surface area contributed by atoms with E-state index in [0.29, 0.717) is 5.56 Å². The van der Waals surface area contributed by atoms with Gasteiger partial charge in [0.05, 0.1) is 18.9 Å². The van der Waals surface area contributed by atoms with Crippen LogP contribution in [0.25, 0.3) is 0 Å². The first-order valence-corrected chi connectivity index (χ1v) is 7.00. The van der Waals surface area contributed by atoms with Crippen molar-refractivity contribution in [1.82, 2.24) is 9.55 Å². The Kier molecular flexibility index (Phi) is 4.56. The summed E-state index contributed by atoms with van der Waals surface area (Å²) in [6.45, 7) is 1.35. The number of ether oxygens (including phenoxy) is 2. The molecule has 126 valence electrons. The zero-order valence-electron chi connectivity index (χ0n) is 13.5. The van der Waals surface area contributed by atoms with Crippen molar-refractivity contribution in [2.45, 2.75) is 51.5 Å². The van der Waals surface area contributed by atoms with E-state index in [2.05, 4.69) is 4.98 Å². The van der Waals surface area contributed by atoms with Crippen LogP contribution in [-0.4, -0.2) is 38.8 Å². The lowest BCUT2D eigenvalue weighted by atomic mass is 10.2. The molecule has 0 aromatic carbocycles. The fourth-order valence-electron chi connectivity index (χ4n) is 2.24. The number of nitrogens with zero attached hydrogens (tertiary/aromatic N) is 1. The Morgan fingerprint density at radius 1 is 1.52 bits per heavy atom. The number of aromatic amines is 1. The molecule has 1 aromatic rings. The Hall–Kier alpha value is -2.42.